The molecule has 4 nitrogen and oxygen atoms in total. The Kier molecular flexibility index (Phi) is 5.42. The van der Waals surface area contributed by atoms with Crippen molar-refractivity contribution in [3.63, 3.8) is 0 Å². The number of aromatic hydroxyl groups is 1. The van der Waals surface area contributed by atoms with Crippen molar-refractivity contribution in [2.75, 3.05) is 7.11 Å². The maximum Gasteiger partial charge on any atom is 0.387 e. The number of alkyl halides is 2. The molecule has 33 heavy (non-hydrogen) atoms. The van der Waals surface area contributed by atoms with Crippen LogP contribution in [0.1, 0.15) is 55.2 Å². The lowest BCUT2D eigenvalue weighted by molar-refractivity contribution is -0.127. The highest BCUT2D eigenvalue weighted by Crippen LogP contribution is 2.61. The molecule has 2 aromatic rings. The molecule has 0 spiro atoms. The van der Waals surface area contributed by atoms with Crippen molar-refractivity contribution in [3.05, 3.63) is 58.7 Å². The van der Waals surface area contributed by atoms with Gasteiger partial charge in [0.15, 0.2) is 17.3 Å². The number of aryl methyl sites for hydroxylation is 1. The van der Waals surface area contributed by atoms with E-state index in [4.69, 9.17) is 4.74 Å². The Morgan fingerprint density at radius 3 is 2.73 bits per heavy atom. The van der Waals surface area contributed by atoms with Crippen LogP contribution in [-0.4, -0.2) is 24.6 Å². The molecular formula is C27H28F2O4. The Morgan fingerprint density at radius 1 is 1.15 bits per heavy atom. The number of halogens is 2. The van der Waals surface area contributed by atoms with E-state index in [1.54, 1.807) is 18.2 Å². The van der Waals surface area contributed by atoms with Gasteiger partial charge in [-0.25, -0.2) is 0 Å². The fourth-order valence-electron chi connectivity index (χ4n) is 6.54. The van der Waals surface area contributed by atoms with Crippen LogP contribution in [0.4, 0.5) is 8.78 Å². The number of carbonyl (C=O) groups is 1. The summed E-state index contributed by atoms with van der Waals surface area (Å²) in [5.74, 6) is 1.84. The molecular weight excluding hydrogens is 426 g/mol. The van der Waals surface area contributed by atoms with Crippen molar-refractivity contribution in [1.29, 1.82) is 0 Å². The van der Waals surface area contributed by atoms with Gasteiger partial charge in [0.05, 0.1) is 7.11 Å². The molecule has 2 saturated carbocycles. The van der Waals surface area contributed by atoms with E-state index in [-0.39, 0.29) is 28.6 Å². The fourth-order valence-corrected chi connectivity index (χ4v) is 6.54. The summed E-state index contributed by atoms with van der Waals surface area (Å²) in [6.07, 6.45) is 6.37. The first-order valence-electron chi connectivity index (χ1n) is 11.5. The van der Waals surface area contributed by atoms with E-state index in [0.717, 1.165) is 43.2 Å². The van der Waals surface area contributed by atoms with Crippen molar-refractivity contribution in [3.8, 4) is 17.2 Å². The monoisotopic (exact) mass is 454 g/mol. The average Bonchev–Trinajstić information content (AvgIpc) is 3.04. The number of Topliss-reactive ketones (excluding diaryl/α,β-unsaturated/α-hetero) is 1. The molecule has 2 aromatic carbocycles. The molecule has 3 aliphatic carbocycles. The first-order valence-corrected chi connectivity index (χ1v) is 11.5. The lowest BCUT2D eigenvalue weighted by atomic mass is 9.55. The number of ketones is 1. The highest BCUT2D eigenvalue weighted by molar-refractivity contribution is 6.06. The van der Waals surface area contributed by atoms with Crippen LogP contribution in [0.2, 0.25) is 0 Å². The molecule has 3 aliphatic rings. The number of allylic oxidation sites excluding steroid dienone is 1. The normalized spacial score (nSPS) is 29.5. The lowest BCUT2D eigenvalue weighted by Crippen LogP contribution is -2.42. The van der Waals surface area contributed by atoms with Gasteiger partial charge in [-0.15, -0.1) is 0 Å². The minimum Gasteiger partial charge on any atom is -0.508 e. The molecule has 0 saturated heterocycles. The fraction of sp³-hybridized carbons (Fsp3) is 0.444. The molecule has 4 atom stereocenters. The Balaban J connectivity index is 1.44. The molecule has 0 radical (unpaired) electrons. The Hall–Kier alpha value is -2.89. The molecule has 0 heterocycles. The minimum absolute atomic E-state index is 0.0252. The van der Waals surface area contributed by atoms with Gasteiger partial charge < -0.3 is 14.6 Å². The van der Waals surface area contributed by atoms with Crippen LogP contribution in [0.3, 0.4) is 0 Å². The van der Waals surface area contributed by atoms with E-state index in [1.807, 2.05) is 12.1 Å². The second-order valence-corrected chi connectivity index (χ2v) is 9.75. The van der Waals surface area contributed by atoms with Crippen LogP contribution in [0.25, 0.3) is 6.08 Å². The first-order chi connectivity index (χ1) is 15.8. The van der Waals surface area contributed by atoms with Gasteiger partial charge in [0.25, 0.3) is 0 Å². The summed E-state index contributed by atoms with van der Waals surface area (Å²) in [7, 11) is 1.40. The van der Waals surface area contributed by atoms with E-state index in [1.165, 1.54) is 24.3 Å². The number of rotatable bonds is 4. The number of ether oxygens (including phenoxy) is 2. The third-order valence-corrected chi connectivity index (χ3v) is 8.09. The second-order valence-electron chi connectivity index (χ2n) is 9.75. The van der Waals surface area contributed by atoms with Gasteiger partial charge in [0.2, 0.25) is 0 Å². The Bertz CT molecular complexity index is 1130. The maximum absolute atomic E-state index is 13.5. The molecule has 0 aromatic heterocycles. The summed E-state index contributed by atoms with van der Waals surface area (Å²) >= 11 is 0. The summed E-state index contributed by atoms with van der Waals surface area (Å²) < 4.78 is 35.0. The summed E-state index contributed by atoms with van der Waals surface area (Å²) in [5, 5.41) is 9.88. The third kappa shape index (κ3) is 3.69. The zero-order chi connectivity index (χ0) is 23.3. The predicted molar refractivity (Wildman–Crippen MR) is 121 cm³/mol. The van der Waals surface area contributed by atoms with Crippen LogP contribution >= 0.6 is 0 Å². The van der Waals surface area contributed by atoms with E-state index < -0.39 is 6.61 Å². The Labute approximate surface area is 192 Å². The van der Waals surface area contributed by atoms with Gasteiger partial charge in [-0.3, -0.25) is 4.79 Å². The van der Waals surface area contributed by atoms with Crippen LogP contribution in [0, 0.1) is 17.3 Å². The number of fused-ring (bicyclic) bond motifs is 5. The highest BCUT2D eigenvalue weighted by Gasteiger charge is 2.56. The van der Waals surface area contributed by atoms with Gasteiger partial charge in [-0.05, 0) is 102 Å². The van der Waals surface area contributed by atoms with Gasteiger partial charge in [0, 0.05) is 5.41 Å². The lowest BCUT2D eigenvalue weighted by Gasteiger charge is -2.48. The topological polar surface area (TPSA) is 55.8 Å². The number of carbonyl (C=O) groups excluding carboxylic acids is 1. The van der Waals surface area contributed by atoms with Crippen LogP contribution < -0.4 is 9.47 Å². The second kappa shape index (κ2) is 8.15. The summed E-state index contributed by atoms with van der Waals surface area (Å²) in [4.78, 5) is 13.5. The number of benzene rings is 2. The summed E-state index contributed by atoms with van der Waals surface area (Å²) in [6.45, 7) is -0.816. The quantitative estimate of drug-likeness (QED) is 0.566. The largest absolute Gasteiger partial charge is 0.508 e. The molecule has 0 aliphatic heterocycles. The van der Waals surface area contributed by atoms with Crippen molar-refractivity contribution in [2.45, 2.75) is 51.6 Å². The highest BCUT2D eigenvalue weighted by atomic mass is 19.3. The summed E-state index contributed by atoms with van der Waals surface area (Å²) in [6, 6.07) is 10.5. The molecule has 0 amide bonds. The van der Waals surface area contributed by atoms with Crippen LogP contribution in [0.5, 0.6) is 17.2 Å². The molecule has 174 valence electrons. The van der Waals surface area contributed by atoms with Crippen molar-refractivity contribution >= 4 is 11.9 Å². The van der Waals surface area contributed by atoms with E-state index in [9.17, 15) is 18.7 Å². The van der Waals surface area contributed by atoms with E-state index in [0.29, 0.717) is 17.6 Å². The molecule has 6 heteroatoms. The van der Waals surface area contributed by atoms with Crippen molar-refractivity contribution in [1.82, 2.24) is 0 Å². The smallest absolute Gasteiger partial charge is 0.387 e. The molecule has 0 unspecified atom stereocenters. The van der Waals surface area contributed by atoms with Gasteiger partial charge in [0.1, 0.15) is 5.75 Å². The molecule has 0 bridgehead atoms. The number of phenols is 1. The number of hydrogen-bond acceptors (Lipinski definition) is 4. The first kappa shape index (κ1) is 21.9. The number of hydrogen-bond donors (Lipinski definition) is 1. The van der Waals surface area contributed by atoms with Gasteiger partial charge in [-0.1, -0.05) is 19.1 Å². The maximum atomic E-state index is 13.5. The van der Waals surface area contributed by atoms with E-state index in [2.05, 4.69) is 17.7 Å². The Morgan fingerprint density at radius 2 is 1.97 bits per heavy atom. The molecule has 5 rings (SSSR count). The number of methoxy groups -OCH3 is 1. The van der Waals surface area contributed by atoms with Gasteiger partial charge >= 0.3 is 6.61 Å². The third-order valence-electron chi connectivity index (χ3n) is 8.09. The van der Waals surface area contributed by atoms with Crippen LogP contribution in [-0.2, 0) is 11.2 Å². The molecule has 2 fully saturated rings. The van der Waals surface area contributed by atoms with Gasteiger partial charge in [-0.2, -0.15) is 8.78 Å². The van der Waals surface area contributed by atoms with Crippen LogP contribution in [0.15, 0.2) is 42.0 Å². The SMILES string of the molecule is COc1cc(/C=C2\C[C@H]3[C@H]4CCc5cc(O)ccc5[C@H]4CC[C@@]3(C)C2=O)ccc1OC(F)F. The standard InChI is InChI=1S/C27H28F2O4/c1-27-10-9-20-19-7-5-18(30)13-16(19)4-6-21(20)22(27)14-17(25(27)31)11-15-3-8-23(33-26(28)29)24(12-15)32-2/h3,5,7-8,11-13,20-22,26,30H,4,6,9-10,14H2,1-2H3/b17-11+/t20-,21+,22+,27-/m1/s1. The van der Waals surface area contributed by atoms with Crippen molar-refractivity contribution in [2.24, 2.45) is 17.3 Å². The number of phenolic OH excluding ortho intramolecular Hbond substituents is 1. The zero-order valence-corrected chi connectivity index (χ0v) is 18.8. The predicted octanol–water partition coefficient (Wildman–Crippen LogP) is 6.12. The van der Waals surface area contributed by atoms with Crippen molar-refractivity contribution < 1.29 is 28.2 Å². The molecule has 1 N–H and O–H groups in total. The zero-order valence-electron chi connectivity index (χ0n) is 18.8. The average molecular weight is 455 g/mol. The minimum atomic E-state index is -2.93. The van der Waals surface area contributed by atoms with E-state index >= 15 is 0 Å². The summed E-state index contributed by atoms with van der Waals surface area (Å²) in [5.41, 5.74) is 3.72.